The van der Waals surface area contributed by atoms with Gasteiger partial charge < -0.3 is 14.2 Å². The zero-order valence-electron chi connectivity index (χ0n) is 37.9. The average Bonchev–Trinajstić information content (AvgIpc) is 3.35. The van der Waals surface area contributed by atoms with Crippen molar-refractivity contribution in [3.63, 3.8) is 0 Å². The molecule has 0 heterocycles. The van der Waals surface area contributed by atoms with Crippen molar-refractivity contribution < 1.29 is 67.3 Å². The molecule has 0 aliphatic carbocycles. The molecule has 362 valence electrons. The zero-order chi connectivity index (χ0) is 50.8. The third-order valence-electron chi connectivity index (χ3n) is 12.8. The molecule has 69 heavy (non-hydrogen) atoms. The van der Waals surface area contributed by atoms with Gasteiger partial charge in [0.05, 0.1) is 16.7 Å². The van der Waals surface area contributed by atoms with E-state index in [2.05, 4.69) is 13.2 Å². The second-order valence-corrected chi connectivity index (χ2v) is 16.3. The van der Waals surface area contributed by atoms with Crippen LogP contribution in [-0.2, 0) is 16.6 Å². The van der Waals surface area contributed by atoms with Crippen molar-refractivity contribution in [2.24, 2.45) is 0 Å². The summed E-state index contributed by atoms with van der Waals surface area (Å²) in [5.74, 6) is -14.8. The first-order valence-electron chi connectivity index (χ1n) is 21.7. The molecule has 6 aromatic carbocycles. The maximum absolute atomic E-state index is 15.3. The third-order valence-corrected chi connectivity index (χ3v) is 12.8. The summed E-state index contributed by atoms with van der Waals surface area (Å²) in [4.78, 5) is 13.5. The number of carbonyl (C=O) groups is 1. The standard InChI is InChI=1S/C54H45F11O4/c1-8-38-41(55)45(59)40(46(60)42(38)56)53(12-5,13-6)68-37-28-22-33(23-29-37)51(7,54(63,64)65)32-20-26-36(27-21-32)67-35-24-16-31(17-25-35)49(66)30-14-18-34(19-15-30)52(10-3,11-4)69-50-47(61)43(57)39(9-2)44(58)48(50)62/h8-9,14-29H,1-2,10-13H2,3-7H3. The Balaban J connectivity index is 1.17. The van der Waals surface area contributed by atoms with Gasteiger partial charge in [-0.25, -0.2) is 26.3 Å². The lowest BCUT2D eigenvalue weighted by molar-refractivity contribution is -0.173. The van der Waals surface area contributed by atoms with E-state index in [4.69, 9.17) is 14.2 Å². The van der Waals surface area contributed by atoms with Crippen LogP contribution in [-0.4, -0.2) is 12.0 Å². The summed E-state index contributed by atoms with van der Waals surface area (Å²) in [5.41, 5.74) is -8.54. The van der Waals surface area contributed by atoms with Gasteiger partial charge in [0.15, 0.2) is 46.4 Å². The second-order valence-electron chi connectivity index (χ2n) is 16.3. The van der Waals surface area contributed by atoms with E-state index in [1.807, 2.05) is 0 Å². The molecule has 6 aromatic rings. The molecule has 0 N–H and O–H groups in total. The lowest BCUT2D eigenvalue weighted by atomic mass is 9.75. The topological polar surface area (TPSA) is 44.8 Å². The molecule has 1 atom stereocenters. The number of alkyl halides is 3. The summed E-state index contributed by atoms with van der Waals surface area (Å²) in [5, 5.41) is 0. The van der Waals surface area contributed by atoms with Gasteiger partial charge in [-0.3, -0.25) is 4.79 Å². The van der Waals surface area contributed by atoms with Gasteiger partial charge in [0.25, 0.3) is 0 Å². The van der Waals surface area contributed by atoms with Gasteiger partial charge in [0, 0.05) is 11.1 Å². The maximum Gasteiger partial charge on any atom is 0.402 e. The van der Waals surface area contributed by atoms with Gasteiger partial charge in [-0.2, -0.15) is 22.0 Å². The largest absolute Gasteiger partial charge is 0.482 e. The predicted molar refractivity (Wildman–Crippen MR) is 240 cm³/mol. The summed E-state index contributed by atoms with van der Waals surface area (Å²) in [6.07, 6.45) is -3.66. The van der Waals surface area contributed by atoms with Crippen LogP contribution >= 0.6 is 0 Å². The molecule has 0 saturated carbocycles. The molecule has 0 amide bonds. The predicted octanol–water partition coefficient (Wildman–Crippen LogP) is 16.2. The molecule has 1 unspecified atom stereocenters. The summed E-state index contributed by atoms with van der Waals surface area (Å²) < 4.78 is 182. The number of halogens is 11. The van der Waals surface area contributed by atoms with Crippen LogP contribution in [0.2, 0.25) is 0 Å². The molecule has 0 aliphatic rings. The minimum atomic E-state index is -4.85. The molecule has 0 aliphatic heterocycles. The number of hydrogen-bond donors (Lipinski definition) is 0. The van der Waals surface area contributed by atoms with Crippen molar-refractivity contribution in [2.45, 2.75) is 83.1 Å². The van der Waals surface area contributed by atoms with Crippen LogP contribution < -0.4 is 14.2 Å². The van der Waals surface area contributed by atoms with Crippen molar-refractivity contribution in [2.75, 3.05) is 0 Å². The van der Waals surface area contributed by atoms with E-state index in [0.29, 0.717) is 17.7 Å². The first-order chi connectivity index (χ1) is 32.6. The summed E-state index contributed by atoms with van der Waals surface area (Å²) in [6.45, 7) is 13.6. The van der Waals surface area contributed by atoms with Crippen LogP contribution in [0.15, 0.2) is 110 Å². The van der Waals surface area contributed by atoms with Gasteiger partial charge in [-0.15, -0.1) is 0 Å². The van der Waals surface area contributed by atoms with E-state index >= 15 is 22.0 Å². The van der Waals surface area contributed by atoms with Gasteiger partial charge in [0.2, 0.25) is 11.6 Å². The minimum Gasteiger partial charge on any atom is -0.482 e. The number of hydrogen-bond acceptors (Lipinski definition) is 4. The van der Waals surface area contributed by atoms with Crippen LogP contribution in [0.25, 0.3) is 12.2 Å². The average molecular weight is 967 g/mol. The highest BCUT2D eigenvalue weighted by Crippen LogP contribution is 2.48. The third kappa shape index (κ3) is 9.22. The highest BCUT2D eigenvalue weighted by atomic mass is 19.4. The Morgan fingerprint density at radius 2 is 0.826 bits per heavy atom. The van der Waals surface area contributed by atoms with E-state index in [0.717, 1.165) is 19.1 Å². The molecule has 0 saturated heterocycles. The quantitative estimate of drug-likeness (QED) is 0.0489. The van der Waals surface area contributed by atoms with Crippen molar-refractivity contribution in [3.8, 4) is 23.0 Å². The van der Waals surface area contributed by atoms with Crippen molar-refractivity contribution >= 4 is 17.9 Å². The van der Waals surface area contributed by atoms with Crippen molar-refractivity contribution in [3.05, 3.63) is 201 Å². The lowest BCUT2D eigenvalue weighted by Gasteiger charge is -2.35. The first-order valence-corrected chi connectivity index (χ1v) is 21.7. The molecule has 15 heteroatoms. The monoisotopic (exact) mass is 966 g/mol. The Bertz CT molecular complexity index is 2810. The molecular weight excluding hydrogens is 922 g/mol. The SMILES string of the molecule is C=Cc1c(F)c(F)c(OC(CC)(CC)c2ccc(C(=O)c3ccc(Oc4ccc(C(C)(c5ccc(OC(CC)(CC)c6c(F)c(F)c(C=C)c(F)c6F)cc5)C(F)(F)F)cc4)cc3)cc2)c(F)c1F. The molecule has 4 nitrogen and oxygen atoms in total. The zero-order valence-corrected chi connectivity index (χ0v) is 37.9. The number of benzene rings is 6. The Morgan fingerprint density at radius 3 is 1.20 bits per heavy atom. The number of ether oxygens (including phenoxy) is 3. The second kappa shape index (κ2) is 20.0. The molecule has 0 spiro atoms. The summed E-state index contributed by atoms with van der Waals surface area (Å²) in [6, 6.07) is 21.6. The van der Waals surface area contributed by atoms with Crippen LogP contribution in [0.1, 0.15) is 110 Å². The summed E-state index contributed by atoms with van der Waals surface area (Å²) >= 11 is 0. The number of carbonyl (C=O) groups excluding carboxylic acids is 1. The highest BCUT2D eigenvalue weighted by Gasteiger charge is 2.53. The molecule has 0 bridgehead atoms. The van der Waals surface area contributed by atoms with Gasteiger partial charge in [-0.05, 0) is 97.8 Å². The fraction of sp³-hybridized carbons (Fsp3) is 0.241. The Labute approximate surface area is 391 Å². The van der Waals surface area contributed by atoms with Crippen LogP contribution in [0.3, 0.4) is 0 Å². The Hall–Kier alpha value is -6.90. The normalized spacial score (nSPS) is 12.9. The van der Waals surface area contributed by atoms with Crippen LogP contribution in [0, 0.1) is 46.5 Å². The smallest absolute Gasteiger partial charge is 0.402 e. The Kier molecular flexibility index (Phi) is 14.9. The van der Waals surface area contributed by atoms with Gasteiger partial charge >= 0.3 is 6.18 Å². The summed E-state index contributed by atoms with van der Waals surface area (Å²) in [7, 11) is 0. The molecule has 6 rings (SSSR count). The Morgan fingerprint density at radius 1 is 0.478 bits per heavy atom. The van der Waals surface area contributed by atoms with Crippen LogP contribution in [0.4, 0.5) is 48.3 Å². The van der Waals surface area contributed by atoms with E-state index in [-0.39, 0.29) is 65.2 Å². The number of ketones is 1. The number of rotatable bonds is 18. The van der Waals surface area contributed by atoms with Crippen LogP contribution in [0.5, 0.6) is 23.0 Å². The fourth-order valence-corrected chi connectivity index (χ4v) is 8.32. The van der Waals surface area contributed by atoms with E-state index < -0.39 is 97.6 Å². The lowest BCUT2D eigenvalue weighted by Crippen LogP contribution is -2.40. The fourth-order valence-electron chi connectivity index (χ4n) is 8.32. The van der Waals surface area contributed by atoms with Crippen molar-refractivity contribution in [1.82, 2.24) is 0 Å². The molecule has 0 radical (unpaired) electrons. The minimum absolute atomic E-state index is 0.117. The van der Waals surface area contributed by atoms with Crippen molar-refractivity contribution in [1.29, 1.82) is 0 Å². The first kappa shape index (κ1) is 51.5. The molecule has 0 fully saturated rings. The molecule has 0 aromatic heterocycles. The highest BCUT2D eigenvalue weighted by molar-refractivity contribution is 6.09. The maximum atomic E-state index is 15.3. The van der Waals surface area contributed by atoms with Gasteiger partial charge in [-0.1, -0.05) is 102 Å². The van der Waals surface area contributed by atoms with E-state index in [1.165, 1.54) is 98.8 Å². The molecular formula is C54H45F11O4. The van der Waals surface area contributed by atoms with E-state index in [1.54, 1.807) is 13.8 Å². The van der Waals surface area contributed by atoms with Gasteiger partial charge in [0.1, 0.15) is 33.9 Å². The van der Waals surface area contributed by atoms with E-state index in [9.17, 15) is 31.1 Å².